The van der Waals surface area contributed by atoms with E-state index in [4.69, 9.17) is 0 Å². The van der Waals surface area contributed by atoms with Crippen LogP contribution in [0.15, 0.2) is 12.4 Å². The zero-order chi connectivity index (χ0) is 8.67. The van der Waals surface area contributed by atoms with Crippen LogP contribution in [0.5, 0.6) is 0 Å². The molecule has 0 spiro atoms. The first-order chi connectivity index (χ1) is 6.40. The van der Waals surface area contributed by atoms with E-state index in [1.54, 1.807) is 0 Å². The lowest BCUT2D eigenvalue weighted by atomic mass is 10.4. The van der Waals surface area contributed by atoms with Crippen LogP contribution in [-0.2, 0) is 0 Å². The van der Waals surface area contributed by atoms with E-state index in [2.05, 4.69) is 22.2 Å². The third kappa shape index (κ3) is 1.98. The fraction of sp³-hybridized carbons (Fsp3) is 0.818. The lowest BCUT2D eigenvalue weighted by Gasteiger charge is -2.20. The zero-order valence-electron chi connectivity index (χ0n) is 8.15. The molecule has 0 atom stereocenters. The summed E-state index contributed by atoms with van der Waals surface area (Å²) < 4.78 is 0. The summed E-state index contributed by atoms with van der Waals surface area (Å²) in [5.74, 6) is 2.04. The SMILES string of the molecule is C1=CN(CC2CC2)CN1CC1CC1. The van der Waals surface area contributed by atoms with Gasteiger partial charge < -0.3 is 9.80 Å². The maximum absolute atomic E-state index is 2.47. The van der Waals surface area contributed by atoms with Crippen molar-refractivity contribution in [1.29, 1.82) is 0 Å². The third-order valence-electron chi connectivity index (χ3n) is 3.23. The van der Waals surface area contributed by atoms with E-state index in [1.165, 1.54) is 38.8 Å². The first-order valence-corrected chi connectivity index (χ1v) is 5.56. The van der Waals surface area contributed by atoms with Crippen LogP contribution in [0.1, 0.15) is 25.7 Å². The molecule has 72 valence electrons. The largest absolute Gasteiger partial charge is 0.358 e. The number of nitrogens with zero attached hydrogens (tertiary/aromatic N) is 2. The first kappa shape index (κ1) is 7.72. The van der Waals surface area contributed by atoms with E-state index in [9.17, 15) is 0 Å². The van der Waals surface area contributed by atoms with Gasteiger partial charge >= 0.3 is 0 Å². The highest BCUT2D eigenvalue weighted by Gasteiger charge is 2.28. The Morgan fingerprint density at radius 3 is 1.69 bits per heavy atom. The minimum atomic E-state index is 1.02. The molecule has 0 aromatic rings. The molecule has 2 fully saturated rings. The van der Waals surface area contributed by atoms with Gasteiger partial charge in [-0.3, -0.25) is 0 Å². The van der Waals surface area contributed by atoms with Crippen LogP contribution < -0.4 is 0 Å². The van der Waals surface area contributed by atoms with Crippen LogP contribution in [0.3, 0.4) is 0 Å². The van der Waals surface area contributed by atoms with Gasteiger partial charge in [-0.25, -0.2) is 0 Å². The summed E-state index contributed by atoms with van der Waals surface area (Å²) in [6.07, 6.45) is 10.4. The van der Waals surface area contributed by atoms with Gasteiger partial charge in [-0.1, -0.05) is 0 Å². The second kappa shape index (κ2) is 2.93. The molecule has 3 rings (SSSR count). The molecule has 0 bridgehead atoms. The quantitative estimate of drug-likeness (QED) is 0.648. The summed E-state index contributed by atoms with van der Waals surface area (Å²) in [7, 11) is 0. The summed E-state index contributed by atoms with van der Waals surface area (Å²) >= 11 is 0. The van der Waals surface area contributed by atoms with E-state index >= 15 is 0 Å². The molecule has 0 radical (unpaired) electrons. The van der Waals surface area contributed by atoms with E-state index in [0.29, 0.717) is 0 Å². The van der Waals surface area contributed by atoms with Crippen molar-refractivity contribution in [2.24, 2.45) is 11.8 Å². The third-order valence-corrected chi connectivity index (χ3v) is 3.23. The van der Waals surface area contributed by atoms with Crippen molar-refractivity contribution in [3.63, 3.8) is 0 Å². The summed E-state index contributed by atoms with van der Waals surface area (Å²) in [6, 6.07) is 0. The van der Waals surface area contributed by atoms with Crippen molar-refractivity contribution >= 4 is 0 Å². The van der Waals surface area contributed by atoms with Crippen LogP contribution in [0.25, 0.3) is 0 Å². The number of hydrogen-bond acceptors (Lipinski definition) is 2. The van der Waals surface area contributed by atoms with Gasteiger partial charge in [0, 0.05) is 25.5 Å². The summed E-state index contributed by atoms with van der Waals surface area (Å²) in [6.45, 7) is 3.77. The van der Waals surface area contributed by atoms with Crippen LogP contribution >= 0.6 is 0 Å². The second-order valence-electron chi connectivity index (χ2n) is 4.87. The Bertz CT molecular complexity index is 194. The molecule has 13 heavy (non-hydrogen) atoms. The van der Waals surface area contributed by atoms with Crippen molar-refractivity contribution in [3.8, 4) is 0 Å². The molecular weight excluding hydrogens is 160 g/mol. The van der Waals surface area contributed by atoms with Gasteiger partial charge in [0.2, 0.25) is 0 Å². The molecule has 2 nitrogen and oxygen atoms in total. The lowest BCUT2D eigenvalue weighted by molar-refractivity contribution is 0.252. The van der Waals surface area contributed by atoms with Crippen molar-refractivity contribution in [1.82, 2.24) is 9.80 Å². The Morgan fingerprint density at radius 2 is 1.31 bits per heavy atom. The normalized spacial score (nSPS) is 27.4. The molecule has 1 aliphatic heterocycles. The molecular formula is C11H18N2. The van der Waals surface area contributed by atoms with E-state index < -0.39 is 0 Å². The predicted molar refractivity (Wildman–Crippen MR) is 52.9 cm³/mol. The van der Waals surface area contributed by atoms with Crippen molar-refractivity contribution in [3.05, 3.63) is 12.4 Å². The van der Waals surface area contributed by atoms with E-state index in [-0.39, 0.29) is 0 Å². The second-order valence-corrected chi connectivity index (χ2v) is 4.87. The Morgan fingerprint density at radius 1 is 0.846 bits per heavy atom. The maximum Gasteiger partial charge on any atom is 0.0893 e. The monoisotopic (exact) mass is 178 g/mol. The molecule has 0 aromatic heterocycles. The van der Waals surface area contributed by atoms with Crippen molar-refractivity contribution in [2.75, 3.05) is 19.8 Å². The molecule has 2 saturated carbocycles. The van der Waals surface area contributed by atoms with Gasteiger partial charge in [0.15, 0.2) is 0 Å². The minimum absolute atomic E-state index is 1.02. The number of hydrogen-bond donors (Lipinski definition) is 0. The topological polar surface area (TPSA) is 6.48 Å². The maximum atomic E-state index is 2.47. The molecule has 0 N–H and O–H groups in total. The minimum Gasteiger partial charge on any atom is -0.358 e. The van der Waals surface area contributed by atoms with Gasteiger partial charge in [0.25, 0.3) is 0 Å². The van der Waals surface area contributed by atoms with E-state index in [0.717, 1.165) is 18.5 Å². The fourth-order valence-electron chi connectivity index (χ4n) is 2.02. The zero-order valence-corrected chi connectivity index (χ0v) is 8.15. The van der Waals surface area contributed by atoms with Crippen molar-refractivity contribution in [2.45, 2.75) is 25.7 Å². The highest BCUT2D eigenvalue weighted by Crippen LogP contribution is 2.32. The predicted octanol–water partition coefficient (Wildman–Crippen LogP) is 1.85. The van der Waals surface area contributed by atoms with Gasteiger partial charge in [0.05, 0.1) is 6.67 Å². The highest BCUT2D eigenvalue weighted by molar-refractivity contribution is 4.94. The molecule has 2 heteroatoms. The molecule has 0 amide bonds. The molecule has 1 heterocycles. The average Bonchev–Trinajstić information content (AvgIpc) is 2.96. The molecule has 0 saturated heterocycles. The summed E-state index contributed by atoms with van der Waals surface area (Å²) in [4.78, 5) is 4.94. The van der Waals surface area contributed by atoms with Crippen LogP contribution in [-0.4, -0.2) is 29.6 Å². The first-order valence-electron chi connectivity index (χ1n) is 5.56. The molecule has 0 unspecified atom stereocenters. The highest BCUT2D eigenvalue weighted by atomic mass is 15.3. The van der Waals surface area contributed by atoms with Crippen molar-refractivity contribution < 1.29 is 0 Å². The number of rotatable bonds is 4. The Labute approximate surface area is 80.2 Å². The van der Waals surface area contributed by atoms with Gasteiger partial charge in [0.1, 0.15) is 0 Å². The lowest BCUT2D eigenvalue weighted by Crippen LogP contribution is -2.28. The van der Waals surface area contributed by atoms with Gasteiger partial charge in [-0.05, 0) is 37.5 Å². The Balaban J connectivity index is 1.44. The average molecular weight is 178 g/mol. The Hall–Kier alpha value is -0.660. The smallest absolute Gasteiger partial charge is 0.0893 e. The van der Waals surface area contributed by atoms with Crippen LogP contribution in [0.2, 0.25) is 0 Å². The Kier molecular flexibility index (Phi) is 1.74. The van der Waals surface area contributed by atoms with E-state index in [1.807, 2.05) is 0 Å². The standard InChI is InChI=1S/C11H18N2/c1-2-10(1)7-12-5-6-13(9-12)8-11-3-4-11/h5-6,10-11H,1-4,7-9H2. The van der Waals surface area contributed by atoms with Crippen LogP contribution in [0.4, 0.5) is 0 Å². The molecule has 0 aromatic carbocycles. The molecule has 2 aliphatic carbocycles. The van der Waals surface area contributed by atoms with Gasteiger partial charge in [-0.15, -0.1) is 0 Å². The summed E-state index contributed by atoms with van der Waals surface area (Å²) in [5, 5.41) is 0. The summed E-state index contributed by atoms with van der Waals surface area (Å²) in [5.41, 5.74) is 0. The molecule has 3 aliphatic rings. The van der Waals surface area contributed by atoms with Crippen LogP contribution in [0, 0.1) is 11.8 Å². The van der Waals surface area contributed by atoms with Gasteiger partial charge in [-0.2, -0.15) is 0 Å². The fourth-order valence-corrected chi connectivity index (χ4v) is 2.02.